The number of amides is 1. The van der Waals surface area contributed by atoms with Gasteiger partial charge in [0.05, 0.1) is 0 Å². The Balaban J connectivity index is 0. The number of carbonyl (C=O) groups excluding carboxylic acids is 1. The van der Waals surface area contributed by atoms with Crippen LogP contribution in [0.25, 0.3) is 0 Å². The van der Waals surface area contributed by atoms with Crippen molar-refractivity contribution in [2.45, 2.75) is 59.4 Å². The standard InChI is InChI=1S/C16H34N4O2.HI/c1-5-7-14(9-11-21)12-19-16(17-6-2)18-10-8-15(22)20-13(3)4;/h13-14,21H,5-12H2,1-4H3,(H,20,22)(H2,17,18,19);1H. The van der Waals surface area contributed by atoms with E-state index in [-0.39, 0.29) is 42.5 Å². The van der Waals surface area contributed by atoms with Crippen molar-refractivity contribution in [1.29, 1.82) is 0 Å². The minimum Gasteiger partial charge on any atom is -0.396 e. The van der Waals surface area contributed by atoms with Gasteiger partial charge in [-0.2, -0.15) is 0 Å². The van der Waals surface area contributed by atoms with E-state index in [1.54, 1.807) is 0 Å². The number of halogens is 1. The highest BCUT2D eigenvalue weighted by Crippen LogP contribution is 2.10. The molecular formula is C16H35IN4O2. The van der Waals surface area contributed by atoms with E-state index in [4.69, 9.17) is 5.11 Å². The first-order valence-electron chi connectivity index (χ1n) is 8.45. The average Bonchev–Trinajstić information content (AvgIpc) is 2.44. The maximum Gasteiger partial charge on any atom is 0.221 e. The van der Waals surface area contributed by atoms with E-state index in [9.17, 15) is 4.79 Å². The van der Waals surface area contributed by atoms with Gasteiger partial charge in [0.2, 0.25) is 5.91 Å². The van der Waals surface area contributed by atoms with Crippen LogP contribution in [-0.2, 0) is 4.79 Å². The minimum absolute atomic E-state index is 0. The number of hydrogen-bond donors (Lipinski definition) is 4. The zero-order chi connectivity index (χ0) is 16.8. The number of nitrogens with one attached hydrogen (secondary N) is 3. The molecule has 0 fully saturated rings. The summed E-state index contributed by atoms with van der Waals surface area (Å²) >= 11 is 0. The van der Waals surface area contributed by atoms with Crippen LogP contribution in [-0.4, -0.2) is 49.3 Å². The van der Waals surface area contributed by atoms with Gasteiger partial charge in [0, 0.05) is 38.7 Å². The van der Waals surface area contributed by atoms with Gasteiger partial charge in [0.25, 0.3) is 0 Å². The second kappa shape index (κ2) is 16.3. The van der Waals surface area contributed by atoms with Gasteiger partial charge in [-0.1, -0.05) is 13.3 Å². The van der Waals surface area contributed by atoms with Gasteiger partial charge in [-0.15, -0.1) is 24.0 Å². The van der Waals surface area contributed by atoms with E-state index in [1.165, 1.54) is 0 Å². The fourth-order valence-corrected chi connectivity index (χ4v) is 2.17. The molecule has 6 nitrogen and oxygen atoms in total. The molecule has 7 heteroatoms. The molecule has 0 aliphatic heterocycles. The number of aliphatic hydroxyl groups is 1. The van der Waals surface area contributed by atoms with E-state index in [0.29, 0.717) is 25.4 Å². The SMILES string of the molecule is CCCC(CCO)CN=C(NCC)NCCC(=O)NC(C)C.I. The van der Waals surface area contributed by atoms with Crippen molar-refractivity contribution >= 4 is 35.8 Å². The molecule has 0 aromatic rings. The fourth-order valence-electron chi connectivity index (χ4n) is 2.17. The van der Waals surface area contributed by atoms with Gasteiger partial charge in [0.15, 0.2) is 5.96 Å². The average molecular weight is 442 g/mol. The molecule has 0 bridgehead atoms. The third kappa shape index (κ3) is 14.7. The second-order valence-electron chi connectivity index (χ2n) is 5.79. The number of aliphatic imine (C=N–C) groups is 1. The van der Waals surface area contributed by atoms with Crippen molar-refractivity contribution in [3.05, 3.63) is 0 Å². The molecule has 23 heavy (non-hydrogen) atoms. The summed E-state index contributed by atoms with van der Waals surface area (Å²) in [6, 6.07) is 0.169. The van der Waals surface area contributed by atoms with Crippen LogP contribution >= 0.6 is 24.0 Å². The molecule has 0 heterocycles. The van der Waals surface area contributed by atoms with Gasteiger partial charge >= 0.3 is 0 Å². The highest BCUT2D eigenvalue weighted by Gasteiger charge is 2.08. The first kappa shape index (κ1) is 24.7. The van der Waals surface area contributed by atoms with Crippen LogP contribution < -0.4 is 16.0 Å². The zero-order valence-electron chi connectivity index (χ0n) is 15.0. The molecule has 0 saturated heterocycles. The first-order valence-corrected chi connectivity index (χ1v) is 8.45. The van der Waals surface area contributed by atoms with Crippen molar-refractivity contribution in [1.82, 2.24) is 16.0 Å². The highest BCUT2D eigenvalue weighted by molar-refractivity contribution is 14.0. The van der Waals surface area contributed by atoms with Crippen LogP contribution in [0.5, 0.6) is 0 Å². The van der Waals surface area contributed by atoms with E-state index < -0.39 is 0 Å². The second-order valence-corrected chi connectivity index (χ2v) is 5.79. The minimum atomic E-state index is 0. The van der Waals surface area contributed by atoms with Gasteiger partial charge in [-0.3, -0.25) is 9.79 Å². The number of aliphatic hydroxyl groups excluding tert-OH is 1. The smallest absolute Gasteiger partial charge is 0.221 e. The van der Waals surface area contributed by atoms with Gasteiger partial charge in [0.1, 0.15) is 0 Å². The van der Waals surface area contributed by atoms with E-state index in [2.05, 4.69) is 27.9 Å². The van der Waals surface area contributed by atoms with Crippen LogP contribution in [0.1, 0.15) is 53.4 Å². The number of hydrogen-bond acceptors (Lipinski definition) is 3. The summed E-state index contributed by atoms with van der Waals surface area (Å²) < 4.78 is 0. The van der Waals surface area contributed by atoms with Crippen molar-refractivity contribution in [3.8, 4) is 0 Å². The lowest BCUT2D eigenvalue weighted by Gasteiger charge is -2.15. The molecule has 0 aliphatic carbocycles. The third-order valence-corrected chi connectivity index (χ3v) is 3.18. The van der Waals surface area contributed by atoms with Gasteiger partial charge < -0.3 is 21.1 Å². The van der Waals surface area contributed by atoms with Gasteiger partial charge in [-0.05, 0) is 39.5 Å². The molecule has 1 amide bonds. The lowest BCUT2D eigenvalue weighted by molar-refractivity contribution is -0.121. The molecule has 0 aromatic heterocycles. The molecule has 0 spiro atoms. The largest absolute Gasteiger partial charge is 0.396 e. The summed E-state index contributed by atoms with van der Waals surface area (Å²) in [5, 5.41) is 18.3. The summed E-state index contributed by atoms with van der Waals surface area (Å²) in [5.41, 5.74) is 0. The van der Waals surface area contributed by atoms with Crippen molar-refractivity contribution in [3.63, 3.8) is 0 Å². The normalized spacial score (nSPS) is 12.5. The Hall–Kier alpha value is -0.570. The lowest BCUT2D eigenvalue weighted by Crippen LogP contribution is -2.40. The third-order valence-electron chi connectivity index (χ3n) is 3.18. The Kier molecular flexibility index (Phi) is 17.5. The van der Waals surface area contributed by atoms with Crippen LogP contribution in [0.4, 0.5) is 0 Å². The Morgan fingerprint density at radius 3 is 2.39 bits per heavy atom. The Morgan fingerprint density at radius 2 is 1.87 bits per heavy atom. The predicted octanol–water partition coefficient (Wildman–Crippen LogP) is 1.87. The molecule has 4 N–H and O–H groups in total. The van der Waals surface area contributed by atoms with E-state index in [1.807, 2.05) is 20.8 Å². The number of carbonyl (C=O) groups is 1. The summed E-state index contributed by atoms with van der Waals surface area (Å²) in [4.78, 5) is 16.2. The zero-order valence-corrected chi connectivity index (χ0v) is 17.4. The molecule has 0 saturated carbocycles. The van der Waals surface area contributed by atoms with Crippen molar-refractivity contribution < 1.29 is 9.90 Å². The highest BCUT2D eigenvalue weighted by atomic mass is 127. The van der Waals surface area contributed by atoms with Crippen molar-refractivity contribution in [2.24, 2.45) is 10.9 Å². The summed E-state index contributed by atoms with van der Waals surface area (Å²) in [5.74, 6) is 1.19. The Labute approximate surface area is 158 Å². The molecule has 0 aromatic carbocycles. The lowest BCUT2D eigenvalue weighted by atomic mass is 10.0. The Morgan fingerprint density at radius 1 is 1.17 bits per heavy atom. The fraction of sp³-hybridized carbons (Fsp3) is 0.875. The summed E-state index contributed by atoms with van der Waals surface area (Å²) in [6.07, 6.45) is 3.38. The number of guanidine groups is 1. The summed E-state index contributed by atoms with van der Waals surface area (Å²) in [6.45, 7) is 10.3. The van der Waals surface area contributed by atoms with E-state index >= 15 is 0 Å². The molecule has 138 valence electrons. The quantitative estimate of drug-likeness (QED) is 0.224. The van der Waals surface area contributed by atoms with Crippen LogP contribution in [0.15, 0.2) is 4.99 Å². The molecule has 0 aliphatic rings. The topological polar surface area (TPSA) is 85.8 Å². The van der Waals surface area contributed by atoms with Gasteiger partial charge in [-0.25, -0.2) is 0 Å². The first-order chi connectivity index (χ1) is 10.5. The van der Waals surface area contributed by atoms with Crippen molar-refractivity contribution in [2.75, 3.05) is 26.2 Å². The Bertz CT molecular complexity index is 319. The molecule has 0 radical (unpaired) electrons. The maximum atomic E-state index is 11.6. The molecule has 1 unspecified atom stereocenters. The number of rotatable bonds is 11. The number of nitrogens with zero attached hydrogens (tertiary/aromatic N) is 1. The van der Waals surface area contributed by atoms with Crippen LogP contribution in [0, 0.1) is 5.92 Å². The van der Waals surface area contributed by atoms with E-state index in [0.717, 1.165) is 31.8 Å². The molecule has 0 rings (SSSR count). The van der Waals surface area contributed by atoms with Crippen LogP contribution in [0.3, 0.4) is 0 Å². The summed E-state index contributed by atoms with van der Waals surface area (Å²) in [7, 11) is 0. The maximum absolute atomic E-state index is 11.6. The monoisotopic (exact) mass is 442 g/mol. The molecule has 1 atom stereocenters. The molecular weight excluding hydrogens is 407 g/mol. The van der Waals surface area contributed by atoms with Crippen LogP contribution in [0.2, 0.25) is 0 Å². The predicted molar refractivity (Wildman–Crippen MR) is 107 cm³/mol.